The quantitative estimate of drug-likeness (QED) is 0.739. The Morgan fingerprint density at radius 2 is 2.00 bits per heavy atom. The summed E-state index contributed by atoms with van der Waals surface area (Å²) in [6.07, 6.45) is 1.82. The number of rotatable bonds is 3. The van der Waals surface area contributed by atoms with Gasteiger partial charge in [-0.3, -0.25) is 4.98 Å². The minimum absolute atomic E-state index is 0.808. The highest BCUT2D eigenvalue weighted by Crippen LogP contribution is 2.24. The molecular formula is C17H15BrN2. The SMILES string of the molecule is Cc1c(Br)cccc1NCc1ccc2ncccc2c1. The van der Waals surface area contributed by atoms with Crippen LogP contribution < -0.4 is 5.32 Å². The predicted octanol–water partition coefficient (Wildman–Crippen LogP) is 4.92. The molecule has 0 aliphatic rings. The second-order valence-corrected chi connectivity index (χ2v) is 5.65. The molecule has 0 saturated carbocycles. The average Bonchev–Trinajstić information content (AvgIpc) is 2.48. The van der Waals surface area contributed by atoms with E-state index in [-0.39, 0.29) is 0 Å². The van der Waals surface area contributed by atoms with Gasteiger partial charge in [-0.25, -0.2) is 0 Å². The van der Waals surface area contributed by atoms with Gasteiger partial charge in [-0.15, -0.1) is 0 Å². The topological polar surface area (TPSA) is 24.9 Å². The lowest BCUT2D eigenvalue weighted by Crippen LogP contribution is -2.01. The fraction of sp³-hybridized carbons (Fsp3) is 0.118. The van der Waals surface area contributed by atoms with Crippen LogP contribution in [0, 0.1) is 6.92 Å². The van der Waals surface area contributed by atoms with Gasteiger partial charge in [0.05, 0.1) is 5.52 Å². The lowest BCUT2D eigenvalue weighted by molar-refractivity contribution is 1.14. The van der Waals surface area contributed by atoms with Crippen molar-refractivity contribution in [3.63, 3.8) is 0 Å². The molecule has 20 heavy (non-hydrogen) atoms. The average molecular weight is 327 g/mol. The van der Waals surface area contributed by atoms with E-state index in [9.17, 15) is 0 Å². The van der Waals surface area contributed by atoms with Gasteiger partial charge in [0.1, 0.15) is 0 Å². The molecule has 100 valence electrons. The minimum Gasteiger partial charge on any atom is -0.381 e. The van der Waals surface area contributed by atoms with Crippen molar-refractivity contribution in [1.29, 1.82) is 0 Å². The van der Waals surface area contributed by atoms with Crippen molar-refractivity contribution >= 4 is 32.5 Å². The zero-order valence-corrected chi connectivity index (χ0v) is 12.8. The molecule has 0 amide bonds. The normalized spacial score (nSPS) is 10.7. The van der Waals surface area contributed by atoms with Gasteiger partial charge < -0.3 is 5.32 Å². The molecule has 0 atom stereocenters. The van der Waals surface area contributed by atoms with Gasteiger partial charge in [0.2, 0.25) is 0 Å². The van der Waals surface area contributed by atoms with Crippen LogP contribution in [0.2, 0.25) is 0 Å². The summed E-state index contributed by atoms with van der Waals surface area (Å²) in [7, 11) is 0. The van der Waals surface area contributed by atoms with E-state index in [0.29, 0.717) is 0 Å². The van der Waals surface area contributed by atoms with Crippen LogP contribution in [0.4, 0.5) is 5.69 Å². The zero-order valence-electron chi connectivity index (χ0n) is 11.2. The summed E-state index contributed by atoms with van der Waals surface area (Å²) in [6.45, 7) is 2.92. The van der Waals surface area contributed by atoms with Gasteiger partial charge in [-0.1, -0.05) is 34.1 Å². The highest BCUT2D eigenvalue weighted by atomic mass is 79.9. The molecule has 0 unspecified atom stereocenters. The number of anilines is 1. The van der Waals surface area contributed by atoms with Crippen LogP contribution in [0.25, 0.3) is 10.9 Å². The third-order valence-corrected chi connectivity index (χ3v) is 4.28. The molecule has 0 spiro atoms. The molecule has 1 N–H and O–H groups in total. The number of halogens is 1. The smallest absolute Gasteiger partial charge is 0.0702 e. The minimum atomic E-state index is 0.808. The van der Waals surface area contributed by atoms with Crippen LogP contribution in [0.3, 0.4) is 0 Å². The summed E-state index contributed by atoms with van der Waals surface area (Å²) in [6, 6.07) is 16.6. The van der Waals surface area contributed by atoms with Crippen molar-refractivity contribution in [2.75, 3.05) is 5.32 Å². The number of aromatic nitrogens is 1. The molecule has 3 heteroatoms. The Balaban J connectivity index is 1.81. The third-order valence-electron chi connectivity index (χ3n) is 3.42. The number of nitrogens with zero attached hydrogens (tertiary/aromatic N) is 1. The van der Waals surface area contributed by atoms with Crippen LogP contribution in [0.1, 0.15) is 11.1 Å². The molecule has 0 aliphatic heterocycles. The lowest BCUT2D eigenvalue weighted by atomic mass is 10.1. The molecule has 3 aromatic rings. The number of hydrogen-bond acceptors (Lipinski definition) is 2. The van der Waals surface area contributed by atoms with Gasteiger partial charge >= 0.3 is 0 Å². The summed E-state index contributed by atoms with van der Waals surface area (Å²) < 4.78 is 1.13. The number of pyridine rings is 1. The van der Waals surface area contributed by atoms with Gasteiger partial charge in [0.25, 0.3) is 0 Å². The van der Waals surface area contributed by atoms with E-state index in [1.165, 1.54) is 16.5 Å². The van der Waals surface area contributed by atoms with Crippen LogP contribution >= 0.6 is 15.9 Å². The molecule has 0 saturated heterocycles. The molecule has 3 rings (SSSR count). The maximum atomic E-state index is 4.34. The summed E-state index contributed by atoms with van der Waals surface area (Å²) >= 11 is 3.56. The Morgan fingerprint density at radius 1 is 1.10 bits per heavy atom. The molecule has 0 fully saturated rings. The number of hydrogen-bond donors (Lipinski definition) is 1. The monoisotopic (exact) mass is 326 g/mol. The molecule has 1 aromatic heterocycles. The van der Waals surface area contributed by atoms with Crippen LogP contribution in [0.5, 0.6) is 0 Å². The molecule has 2 aromatic carbocycles. The lowest BCUT2D eigenvalue weighted by Gasteiger charge is -2.11. The summed E-state index contributed by atoms with van der Waals surface area (Å²) in [4.78, 5) is 4.34. The largest absolute Gasteiger partial charge is 0.381 e. The fourth-order valence-electron chi connectivity index (χ4n) is 2.23. The third kappa shape index (κ3) is 2.68. The second kappa shape index (κ2) is 5.63. The Hall–Kier alpha value is -1.87. The summed E-state index contributed by atoms with van der Waals surface area (Å²) in [5.41, 5.74) is 4.68. The molecule has 1 heterocycles. The Labute approximate surface area is 127 Å². The predicted molar refractivity (Wildman–Crippen MR) is 87.9 cm³/mol. The van der Waals surface area contributed by atoms with E-state index >= 15 is 0 Å². The van der Waals surface area contributed by atoms with Crippen molar-refractivity contribution in [3.8, 4) is 0 Å². The summed E-state index contributed by atoms with van der Waals surface area (Å²) in [5, 5.41) is 4.66. The molecule has 2 nitrogen and oxygen atoms in total. The highest BCUT2D eigenvalue weighted by molar-refractivity contribution is 9.10. The van der Waals surface area contributed by atoms with E-state index < -0.39 is 0 Å². The molecular weight excluding hydrogens is 312 g/mol. The zero-order chi connectivity index (χ0) is 13.9. The maximum absolute atomic E-state index is 4.34. The van der Waals surface area contributed by atoms with Crippen LogP contribution in [-0.2, 0) is 6.54 Å². The number of benzene rings is 2. The van der Waals surface area contributed by atoms with E-state index in [4.69, 9.17) is 0 Å². The van der Waals surface area contributed by atoms with Gasteiger partial charge in [-0.05, 0) is 48.4 Å². The Bertz CT molecular complexity index is 753. The van der Waals surface area contributed by atoms with Crippen molar-refractivity contribution in [2.45, 2.75) is 13.5 Å². The molecule has 0 aliphatic carbocycles. The van der Waals surface area contributed by atoms with E-state index in [1.807, 2.05) is 18.3 Å². The van der Waals surface area contributed by atoms with Crippen molar-refractivity contribution < 1.29 is 0 Å². The van der Waals surface area contributed by atoms with E-state index in [1.54, 1.807) is 0 Å². The van der Waals surface area contributed by atoms with E-state index in [2.05, 4.69) is 69.6 Å². The molecule has 0 radical (unpaired) electrons. The van der Waals surface area contributed by atoms with Crippen molar-refractivity contribution in [3.05, 3.63) is 70.3 Å². The van der Waals surface area contributed by atoms with Gasteiger partial charge in [0.15, 0.2) is 0 Å². The standard InChI is InChI=1S/C17H15BrN2/c1-12-15(18)5-2-6-16(12)20-11-13-7-8-17-14(10-13)4-3-9-19-17/h2-10,20H,11H2,1H3. The number of fused-ring (bicyclic) bond motifs is 1. The van der Waals surface area contributed by atoms with Crippen molar-refractivity contribution in [2.24, 2.45) is 0 Å². The maximum Gasteiger partial charge on any atom is 0.0702 e. The highest BCUT2D eigenvalue weighted by Gasteiger charge is 2.02. The first kappa shape index (κ1) is 13.1. The molecule has 0 bridgehead atoms. The first-order valence-electron chi connectivity index (χ1n) is 6.57. The fourth-order valence-corrected chi connectivity index (χ4v) is 2.60. The number of nitrogens with one attached hydrogen (secondary N) is 1. The van der Waals surface area contributed by atoms with Crippen LogP contribution in [0.15, 0.2) is 59.2 Å². The van der Waals surface area contributed by atoms with Crippen molar-refractivity contribution in [1.82, 2.24) is 4.98 Å². The Kier molecular flexibility index (Phi) is 3.70. The first-order valence-corrected chi connectivity index (χ1v) is 7.36. The van der Waals surface area contributed by atoms with Crippen LogP contribution in [-0.4, -0.2) is 4.98 Å². The van der Waals surface area contributed by atoms with Gasteiger partial charge in [0, 0.05) is 28.3 Å². The Morgan fingerprint density at radius 3 is 2.90 bits per heavy atom. The van der Waals surface area contributed by atoms with E-state index in [0.717, 1.165) is 22.2 Å². The summed E-state index contributed by atoms with van der Waals surface area (Å²) in [5.74, 6) is 0. The van der Waals surface area contributed by atoms with Gasteiger partial charge in [-0.2, -0.15) is 0 Å². The first-order chi connectivity index (χ1) is 9.74. The second-order valence-electron chi connectivity index (χ2n) is 4.80.